The van der Waals surface area contributed by atoms with Gasteiger partial charge in [0.1, 0.15) is 0 Å². The predicted molar refractivity (Wildman–Crippen MR) is 58.8 cm³/mol. The molecule has 82 valence electrons. The van der Waals surface area contributed by atoms with Crippen molar-refractivity contribution in [3.8, 4) is 0 Å². The number of hydrogen-bond donors (Lipinski definition) is 2. The zero-order chi connectivity index (χ0) is 11.6. The molecule has 0 aliphatic carbocycles. The van der Waals surface area contributed by atoms with E-state index in [4.69, 9.17) is 10.8 Å². The molecule has 6 heteroatoms. The van der Waals surface area contributed by atoms with Crippen molar-refractivity contribution < 1.29 is 10.2 Å². The predicted octanol–water partition coefficient (Wildman–Crippen LogP) is 0.600. The molecule has 0 radical (unpaired) electrons. The molecule has 0 heterocycles. The van der Waals surface area contributed by atoms with Crippen LogP contribution < -0.4 is 10.2 Å². The van der Waals surface area contributed by atoms with Crippen molar-refractivity contribution in [2.24, 2.45) is 0 Å². The molecule has 4 nitrogen and oxygen atoms in total. The monoisotopic (exact) mass is 234 g/mol. The van der Waals surface area contributed by atoms with Crippen LogP contribution in [0.15, 0.2) is 0 Å². The van der Waals surface area contributed by atoms with Gasteiger partial charge in [0, 0.05) is 9.49 Å². The topological polar surface area (TPSA) is 93.8 Å². The van der Waals surface area contributed by atoms with E-state index < -0.39 is 21.3 Å². The van der Waals surface area contributed by atoms with E-state index in [0.29, 0.717) is 0 Å². The first-order chi connectivity index (χ1) is 6.09. The van der Waals surface area contributed by atoms with Gasteiger partial charge in [-0.2, -0.15) is 0 Å². The Kier molecular flexibility index (Phi) is 4.33. The zero-order valence-corrected chi connectivity index (χ0v) is 10.3. The van der Waals surface area contributed by atoms with Crippen LogP contribution in [0.25, 0.3) is 0 Å². The van der Waals surface area contributed by atoms with E-state index in [1.807, 2.05) is 0 Å². The molecule has 0 rings (SSSR count). The Morgan fingerprint density at radius 1 is 0.857 bits per heavy atom. The van der Waals surface area contributed by atoms with Gasteiger partial charge < -0.3 is 21.0 Å². The van der Waals surface area contributed by atoms with E-state index in [9.17, 15) is 10.2 Å². The van der Waals surface area contributed by atoms with Crippen molar-refractivity contribution in [2.75, 3.05) is 0 Å². The van der Waals surface area contributed by atoms with Gasteiger partial charge in [0.15, 0.2) is 0 Å². The highest BCUT2D eigenvalue weighted by Crippen LogP contribution is 2.43. The Labute approximate surface area is 91.9 Å². The number of rotatable bonds is 5. The fourth-order valence-electron chi connectivity index (χ4n) is 0.284. The molecular formula is C8H14N2O2S2-2. The molecule has 0 saturated carbocycles. The molecule has 0 aliphatic heterocycles. The second-order valence-corrected chi connectivity index (χ2v) is 7.22. The molecule has 2 N–H and O–H groups in total. The third kappa shape index (κ3) is 3.79. The van der Waals surface area contributed by atoms with Gasteiger partial charge in [-0.1, -0.05) is 21.6 Å². The Morgan fingerprint density at radius 3 is 1.21 bits per heavy atom. The maximum atomic E-state index is 10.9. The van der Waals surface area contributed by atoms with Crippen molar-refractivity contribution in [2.45, 2.75) is 37.2 Å². The lowest BCUT2D eigenvalue weighted by Gasteiger charge is -2.34. The van der Waals surface area contributed by atoms with Gasteiger partial charge in [-0.15, -0.1) is 0 Å². The van der Waals surface area contributed by atoms with Gasteiger partial charge in [0.05, 0.1) is 0 Å². The standard InChI is InChI=1S/C8H16N2O2S2/c1-7(2,5(9)11)13-14-8(3,4)6(10)12/h1-4H3,(H2,9,11)(H2,10,12)/p-2. The molecular weight excluding hydrogens is 220 g/mol. The summed E-state index contributed by atoms with van der Waals surface area (Å²) in [6.45, 7) is 6.52. The van der Waals surface area contributed by atoms with Gasteiger partial charge in [-0.05, 0) is 39.5 Å². The molecule has 0 amide bonds. The van der Waals surface area contributed by atoms with E-state index in [1.165, 1.54) is 0 Å². The van der Waals surface area contributed by atoms with Crippen LogP contribution in [0.2, 0.25) is 0 Å². The van der Waals surface area contributed by atoms with Crippen LogP contribution in [0.4, 0.5) is 0 Å². The molecule has 0 spiro atoms. The maximum Gasteiger partial charge on any atom is 0.0480 e. The summed E-state index contributed by atoms with van der Waals surface area (Å²) in [5.41, 5.74) is 0. The van der Waals surface area contributed by atoms with E-state index in [-0.39, 0.29) is 0 Å². The molecule has 0 aromatic rings. The molecule has 0 aromatic heterocycles. The van der Waals surface area contributed by atoms with E-state index in [0.717, 1.165) is 21.6 Å². The molecule has 0 aromatic carbocycles. The lowest BCUT2D eigenvalue weighted by molar-refractivity contribution is -0.223. The summed E-state index contributed by atoms with van der Waals surface area (Å²) in [5, 5.41) is 35.7. The molecule has 14 heavy (non-hydrogen) atoms. The van der Waals surface area contributed by atoms with Crippen LogP contribution in [-0.4, -0.2) is 21.3 Å². The molecule has 0 atom stereocenters. The van der Waals surface area contributed by atoms with Gasteiger partial charge in [-0.25, -0.2) is 0 Å². The van der Waals surface area contributed by atoms with Crippen molar-refractivity contribution in [1.82, 2.24) is 0 Å². The first kappa shape index (κ1) is 13.6. The SMILES string of the molecule is CC(C)(SSC(C)(C)C(=N)[O-])C(=N)[O-]. The minimum atomic E-state index is -0.836. The van der Waals surface area contributed by atoms with Gasteiger partial charge in [-0.3, -0.25) is 0 Å². The van der Waals surface area contributed by atoms with E-state index >= 15 is 0 Å². The summed E-state index contributed by atoms with van der Waals surface area (Å²) < 4.78 is -1.67. The highest BCUT2D eigenvalue weighted by Gasteiger charge is 2.25. The van der Waals surface area contributed by atoms with E-state index in [2.05, 4.69) is 0 Å². The summed E-state index contributed by atoms with van der Waals surface area (Å²) in [6, 6.07) is 0. The molecule has 0 saturated heterocycles. The molecule has 0 aliphatic rings. The van der Waals surface area contributed by atoms with E-state index in [1.54, 1.807) is 27.7 Å². The maximum absolute atomic E-state index is 10.9. The van der Waals surface area contributed by atoms with Crippen molar-refractivity contribution in [3.05, 3.63) is 0 Å². The normalized spacial score (nSPS) is 12.6. The fraction of sp³-hybridized carbons (Fsp3) is 0.750. The molecule has 0 fully saturated rings. The second-order valence-electron chi connectivity index (χ2n) is 3.85. The highest BCUT2D eigenvalue weighted by molar-refractivity contribution is 8.78. The minimum absolute atomic E-state index is 0.678. The van der Waals surface area contributed by atoms with Crippen molar-refractivity contribution in [3.63, 3.8) is 0 Å². The minimum Gasteiger partial charge on any atom is -0.861 e. The third-order valence-electron chi connectivity index (χ3n) is 1.55. The summed E-state index contributed by atoms with van der Waals surface area (Å²) in [5.74, 6) is -1.36. The van der Waals surface area contributed by atoms with Gasteiger partial charge in [0.2, 0.25) is 0 Å². The summed E-state index contributed by atoms with van der Waals surface area (Å²) >= 11 is 0. The average molecular weight is 234 g/mol. The average Bonchev–Trinajstić information content (AvgIpc) is 2.01. The Balaban J connectivity index is 4.32. The molecule has 0 unspecified atom stereocenters. The largest absolute Gasteiger partial charge is 0.861 e. The van der Waals surface area contributed by atoms with Crippen LogP contribution in [0, 0.1) is 10.8 Å². The van der Waals surface area contributed by atoms with Crippen LogP contribution in [0.1, 0.15) is 27.7 Å². The first-order valence-electron chi connectivity index (χ1n) is 3.98. The third-order valence-corrected chi connectivity index (χ3v) is 5.59. The summed E-state index contributed by atoms with van der Waals surface area (Å²) in [4.78, 5) is 0. The number of nitrogens with one attached hydrogen (secondary N) is 2. The van der Waals surface area contributed by atoms with Crippen LogP contribution >= 0.6 is 21.6 Å². The summed E-state index contributed by atoms with van der Waals surface area (Å²) in [7, 11) is 2.32. The van der Waals surface area contributed by atoms with Crippen molar-refractivity contribution >= 4 is 33.4 Å². The zero-order valence-electron chi connectivity index (χ0n) is 8.63. The van der Waals surface area contributed by atoms with Gasteiger partial charge in [0.25, 0.3) is 0 Å². The lowest BCUT2D eigenvalue weighted by atomic mass is 10.2. The quantitative estimate of drug-likeness (QED) is 0.414. The second kappa shape index (κ2) is 4.44. The van der Waals surface area contributed by atoms with Crippen LogP contribution in [0.5, 0.6) is 0 Å². The first-order valence-corrected chi connectivity index (χ1v) is 6.13. The van der Waals surface area contributed by atoms with Gasteiger partial charge >= 0.3 is 0 Å². The lowest BCUT2D eigenvalue weighted by Crippen LogP contribution is -2.40. The summed E-state index contributed by atoms with van der Waals surface area (Å²) in [6.07, 6.45) is 0. The fourth-order valence-corrected chi connectivity index (χ4v) is 2.56. The van der Waals surface area contributed by atoms with Crippen LogP contribution in [0.3, 0.4) is 0 Å². The highest BCUT2D eigenvalue weighted by atomic mass is 33.1. The Morgan fingerprint density at radius 2 is 1.07 bits per heavy atom. The van der Waals surface area contributed by atoms with Crippen LogP contribution in [-0.2, 0) is 0 Å². The van der Waals surface area contributed by atoms with Crippen molar-refractivity contribution in [1.29, 1.82) is 10.8 Å². The Bertz CT molecular complexity index is 226. The number of hydrogen-bond acceptors (Lipinski definition) is 6. The smallest absolute Gasteiger partial charge is 0.0480 e. The Hall–Kier alpha value is -0.360. The molecule has 0 bridgehead atoms.